The van der Waals surface area contributed by atoms with Crippen molar-refractivity contribution in [1.82, 2.24) is 24.6 Å². The third-order valence-corrected chi connectivity index (χ3v) is 7.37. The predicted octanol–water partition coefficient (Wildman–Crippen LogP) is 4.25. The third-order valence-electron chi connectivity index (χ3n) is 5.27. The number of rotatable bonds is 6. The first-order valence-corrected chi connectivity index (χ1v) is 11.2. The molecule has 1 aliphatic rings. The van der Waals surface area contributed by atoms with Crippen molar-refractivity contribution in [1.29, 1.82) is 0 Å². The quantitative estimate of drug-likeness (QED) is 0.580. The molecule has 5 nitrogen and oxygen atoms in total. The van der Waals surface area contributed by atoms with Gasteiger partial charge in [0.15, 0.2) is 5.16 Å². The smallest absolute Gasteiger partial charge is 0.191 e. The molecule has 0 aliphatic carbocycles. The molecule has 1 fully saturated rings. The fraction of sp³-hybridized carbons (Fsp3) is 0.450. The van der Waals surface area contributed by atoms with Gasteiger partial charge in [0.05, 0.1) is 0 Å². The molecular formula is C20H25N5S2. The van der Waals surface area contributed by atoms with E-state index < -0.39 is 0 Å². The van der Waals surface area contributed by atoms with Crippen LogP contribution in [0.15, 0.2) is 41.1 Å². The molecule has 0 radical (unpaired) electrons. The van der Waals surface area contributed by atoms with E-state index in [4.69, 9.17) is 0 Å². The lowest BCUT2D eigenvalue weighted by Crippen LogP contribution is -2.33. The Hall–Kier alpha value is -1.70. The molecule has 0 atom stereocenters. The fourth-order valence-electron chi connectivity index (χ4n) is 3.55. The molecule has 7 heteroatoms. The van der Waals surface area contributed by atoms with Crippen molar-refractivity contribution in [3.05, 3.63) is 57.8 Å². The summed E-state index contributed by atoms with van der Waals surface area (Å²) in [6.07, 6.45) is 5.99. The summed E-state index contributed by atoms with van der Waals surface area (Å²) in [4.78, 5) is 8.15. The van der Waals surface area contributed by atoms with Gasteiger partial charge < -0.3 is 4.57 Å². The van der Waals surface area contributed by atoms with Gasteiger partial charge in [0.2, 0.25) is 0 Å². The number of pyridine rings is 1. The van der Waals surface area contributed by atoms with E-state index in [2.05, 4.69) is 62.2 Å². The number of thiophene rings is 1. The van der Waals surface area contributed by atoms with E-state index in [0.717, 1.165) is 49.2 Å². The lowest BCUT2D eigenvalue weighted by atomic mass is 9.96. The standard InChI is InChI=1S/C20H25N5S2/c1-15-7-12-26-18(15)13-25-10-5-17(6-11-25)19-22-23-20(24(19)2)27-14-16-3-8-21-9-4-16/h3-4,7-9,12,17H,5-6,10-11,13-14H2,1-2H3. The average molecular weight is 400 g/mol. The Kier molecular flexibility index (Phi) is 5.90. The third kappa shape index (κ3) is 4.42. The van der Waals surface area contributed by atoms with Crippen LogP contribution in [0.5, 0.6) is 0 Å². The maximum atomic E-state index is 4.53. The number of thioether (sulfide) groups is 1. The van der Waals surface area contributed by atoms with Gasteiger partial charge in [-0.1, -0.05) is 11.8 Å². The van der Waals surface area contributed by atoms with Crippen molar-refractivity contribution in [2.75, 3.05) is 13.1 Å². The monoisotopic (exact) mass is 399 g/mol. The second kappa shape index (κ2) is 8.54. The van der Waals surface area contributed by atoms with Gasteiger partial charge in [0.1, 0.15) is 5.82 Å². The minimum absolute atomic E-state index is 0.512. The zero-order chi connectivity index (χ0) is 18.6. The summed E-state index contributed by atoms with van der Waals surface area (Å²) in [5.41, 5.74) is 2.68. The van der Waals surface area contributed by atoms with E-state index in [1.54, 1.807) is 11.8 Å². The van der Waals surface area contributed by atoms with Crippen molar-refractivity contribution < 1.29 is 0 Å². The highest BCUT2D eigenvalue weighted by Gasteiger charge is 2.25. The minimum Gasteiger partial charge on any atom is -0.309 e. The van der Waals surface area contributed by atoms with Gasteiger partial charge >= 0.3 is 0 Å². The molecule has 4 heterocycles. The Labute approximate surface area is 168 Å². The molecule has 1 aliphatic heterocycles. The molecule has 0 unspecified atom stereocenters. The number of nitrogens with zero attached hydrogens (tertiary/aromatic N) is 5. The summed E-state index contributed by atoms with van der Waals surface area (Å²) in [5, 5.41) is 12.2. The van der Waals surface area contributed by atoms with Crippen LogP contribution in [-0.4, -0.2) is 37.7 Å². The lowest BCUT2D eigenvalue weighted by Gasteiger charge is -2.31. The van der Waals surface area contributed by atoms with E-state index >= 15 is 0 Å². The topological polar surface area (TPSA) is 46.8 Å². The second-order valence-electron chi connectivity index (χ2n) is 7.12. The second-order valence-corrected chi connectivity index (χ2v) is 9.06. The van der Waals surface area contributed by atoms with E-state index in [-0.39, 0.29) is 0 Å². The van der Waals surface area contributed by atoms with Gasteiger partial charge in [-0.25, -0.2) is 0 Å². The average Bonchev–Trinajstić information content (AvgIpc) is 3.27. The van der Waals surface area contributed by atoms with E-state index in [0.29, 0.717) is 5.92 Å². The molecule has 0 aromatic carbocycles. The molecule has 27 heavy (non-hydrogen) atoms. The summed E-state index contributed by atoms with van der Waals surface area (Å²) in [7, 11) is 2.10. The lowest BCUT2D eigenvalue weighted by molar-refractivity contribution is 0.201. The zero-order valence-corrected chi connectivity index (χ0v) is 17.5. The SMILES string of the molecule is Cc1ccsc1CN1CCC(c2nnc(SCc3ccncc3)n2C)CC1. The number of aromatic nitrogens is 4. The summed E-state index contributed by atoms with van der Waals surface area (Å²) < 4.78 is 2.19. The van der Waals surface area contributed by atoms with Crippen LogP contribution in [0.25, 0.3) is 0 Å². The number of aryl methyl sites for hydroxylation is 1. The number of piperidine rings is 1. The highest BCUT2D eigenvalue weighted by molar-refractivity contribution is 7.98. The fourth-order valence-corrected chi connectivity index (χ4v) is 5.37. The van der Waals surface area contributed by atoms with Gasteiger partial charge in [-0.2, -0.15) is 0 Å². The van der Waals surface area contributed by atoms with Gasteiger partial charge in [-0.15, -0.1) is 21.5 Å². The highest BCUT2D eigenvalue weighted by Crippen LogP contribution is 2.30. The van der Waals surface area contributed by atoms with Crippen LogP contribution in [0.1, 0.15) is 40.6 Å². The Morgan fingerprint density at radius 1 is 1.15 bits per heavy atom. The van der Waals surface area contributed by atoms with E-state index in [1.165, 1.54) is 16.0 Å². The normalized spacial score (nSPS) is 16.1. The van der Waals surface area contributed by atoms with E-state index in [1.807, 2.05) is 23.7 Å². The molecule has 0 N–H and O–H groups in total. The van der Waals surface area contributed by atoms with E-state index in [9.17, 15) is 0 Å². The number of likely N-dealkylation sites (tertiary alicyclic amines) is 1. The van der Waals surface area contributed by atoms with Crippen LogP contribution in [0.2, 0.25) is 0 Å². The van der Waals surface area contributed by atoms with Gasteiger partial charge in [0, 0.05) is 42.5 Å². The first kappa shape index (κ1) is 18.7. The Bertz CT molecular complexity index is 866. The maximum Gasteiger partial charge on any atom is 0.191 e. The van der Waals surface area contributed by atoms with Crippen LogP contribution in [0.3, 0.4) is 0 Å². The molecular weight excluding hydrogens is 374 g/mol. The molecule has 0 saturated carbocycles. The first-order valence-electron chi connectivity index (χ1n) is 9.37. The summed E-state index contributed by atoms with van der Waals surface area (Å²) in [6.45, 7) is 5.56. The molecule has 0 bridgehead atoms. The van der Waals surface area contributed by atoms with Crippen molar-refractivity contribution in [2.45, 2.75) is 43.1 Å². The molecule has 3 aromatic heterocycles. The predicted molar refractivity (Wildman–Crippen MR) is 111 cm³/mol. The summed E-state index contributed by atoms with van der Waals surface area (Å²) in [6, 6.07) is 6.32. The summed E-state index contributed by atoms with van der Waals surface area (Å²) in [5.74, 6) is 2.55. The van der Waals surface area contributed by atoms with Gasteiger partial charge in [0.25, 0.3) is 0 Å². The van der Waals surface area contributed by atoms with Crippen LogP contribution in [0.4, 0.5) is 0 Å². The van der Waals surface area contributed by atoms with Gasteiger partial charge in [-0.05, 0) is 67.6 Å². The van der Waals surface area contributed by atoms with Crippen LogP contribution >= 0.6 is 23.1 Å². The Morgan fingerprint density at radius 3 is 2.63 bits per heavy atom. The van der Waals surface area contributed by atoms with Crippen molar-refractivity contribution in [2.24, 2.45) is 7.05 Å². The van der Waals surface area contributed by atoms with Crippen molar-refractivity contribution in [3.63, 3.8) is 0 Å². The number of hydrogen-bond donors (Lipinski definition) is 0. The van der Waals surface area contributed by atoms with Gasteiger partial charge in [-0.3, -0.25) is 9.88 Å². The first-order chi connectivity index (χ1) is 13.2. The van der Waals surface area contributed by atoms with Crippen LogP contribution in [-0.2, 0) is 19.3 Å². The molecule has 4 rings (SSSR count). The molecule has 0 spiro atoms. The largest absolute Gasteiger partial charge is 0.309 e. The molecule has 1 saturated heterocycles. The Morgan fingerprint density at radius 2 is 1.93 bits per heavy atom. The van der Waals surface area contributed by atoms with Crippen LogP contribution < -0.4 is 0 Å². The minimum atomic E-state index is 0.512. The maximum absolute atomic E-state index is 4.53. The summed E-state index contributed by atoms with van der Waals surface area (Å²) >= 11 is 3.62. The zero-order valence-electron chi connectivity index (χ0n) is 15.8. The molecule has 142 valence electrons. The van der Waals surface area contributed by atoms with Crippen molar-refractivity contribution >= 4 is 23.1 Å². The highest BCUT2D eigenvalue weighted by atomic mass is 32.2. The van der Waals surface area contributed by atoms with Crippen molar-refractivity contribution in [3.8, 4) is 0 Å². The van der Waals surface area contributed by atoms with Crippen LogP contribution in [0, 0.1) is 6.92 Å². The molecule has 0 amide bonds. The molecule has 3 aromatic rings. The Balaban J connectivity index is 1.33. The number of hydrogen-bond acceptors (Lipinski definition) is 6.